The zero-order valence-corrected chi connectivity index (χ0v) is 36.2. The molecule has 0 radical (unpaired) electrons. The highest BCUT2D eigenvalue weighted by Gasteiger charge is 2.51. The second kappa shape index (κ2) is 32.6. The Morgan fingerprint density at radius 3 is 1.63 bits per heavy atom. The average molecular weight is 757 g/mol. The average Bonchev–Trinajstić information content (AvgIpc) is 3.51. The number of ether oxygens (including phenoxy) is 3. The van der Waals surface area contributed by atoms with Crippen LogP contribution in [-0.2, 0) is 19.0 Å². The SMILES string of the molecule is CCCCC/C=C\C/C=C\CCCCCCCCC1(CCCCCCCC/C=C\CCCCCCCC)OCC2(CCC(C(=O)OCCN(C)C)NC2)O1. The molecule has 3 atom stereocenters. The third kappa shape index (κ3) is 24.2. The molecule has 0 aromatic carbocycles. The van der Waals surface area contributed by atoms with Gasteiger partial charge in [0, 0.05) is 25.9 Å². The number of esters is 1. The van der Waals surface area contributed by atoms with E-state index in [0.717, 1.165) is 51.5 Å². The van der Waals surface area contributed by atoms with Crippen molar-refractivity contribution in [1.82, 2.24) is 10.2 Å². The van der Waals surface area contributed by atoms with Crippen molar-refractivity contribution in [2.45, 2.75) is 224 Å². The van der Waals surface area contributed by atoms with Gasteiger partial charge in [-0.05, 0) is 97.6 Å². The van der Waals surface area contributed by atoms with Gasteiger partial charge in [0.1, 0.15) is 18.2 Å². The van der Waals surface area contributed by atoms with Crippen LogP contribution in [0.3, 0.4) is 0 Å². The van der Waals surface area contributed by atoms with E-state index in [4.69, 9.17) is 14.2 Å². The molecular weight excluding hydrogens is 669 g/mol. The van der Waals surface area contributed by atoms with Crippen molar-refractivity contribution in [2.75, 3.05) is 40.4 Å². The summed E-state index contributed by atoms with van der Waals surface area (Å²) >= 11 is 0. The first-order valence-corrected chi connectivity index (χ1v) is 23.3. The van der Waals surface area contributed by atoms with Crippen molar-refractivity contribution in [2.24, 2.45) is 0 Å². The topological polar surface area (TPSA) is 60.0 Å². The Bertz CT molecular complexity index is 970. The summed E-state index contributed by atoms with van der Waals surface area (Å²) < 4.78 is 19.2. The van der Waals surface area contributed by atoms with Gasteiger partial charge in [-0.15, -0.1) is 0 Å². The lowest BCUT2D eigenvalue weighted by atomic mass is 9.90. The standard InChI is InChI=1S/C48H88N2O4/c1-5-7-9-11-13-15-17-19-21-23-25-27-29-31-33-35-38-48(39-36-34-32-30-28-26-24-22-20-18-16-14-12-10-8-6-2)53-44-47(54-48)40-37-45(49-43-47)46(51)52-42-41-50(3)4/h13,15,19-22,45,49H,5-12,14,16-18,23-44H2,1-4H3/b15-13-,21-19-,22-20-. The molecule has 0 aliphatic carbocycles. The van der Waals surface area contributed by atoms with Crippen LogP contribution in [-0.4, -0.2) is 68.7 Å². The van der Waals surface area contributed by atoms with Crippen LogP contribution in [0, 0.1) is 0 Å². The summed E-state index contributed by atoms with van der Waals surface area (Å²) in [7, 11) is 3.99. The van der Waals surface area contributed by atoms with Crippen LogP contribution in [0.4, 0.5) is 0 Å². The van der Waals surface area contributed by atoms with Crippen molar-refractivity contribution in [3.8, 4) is 0 Å². The largest absolute Gasteiger partial charge is 0.463 e. The molecule has 0 amide bonds. The quantitative estimate of drug-likeness (QED) is 0.0395. The summed E-state index contributed by atoms with van der Waals surface area (Å²) in [6.45, 7) is 7.00. The maximum Gasteiger partial charge on any atom is 0.323 e. The highest BCUT2D eigenvalue weighted by Crippen LogP contribution is 2.42. The van der Waals surface area contributed by atoms with E-state index in [-0.39, 0.29) is 17.6 Å². The van der Waals surface area contributed by atoms with E-state index in [1.54, 1.807) is 0 Å². The molecule has 2 aliphatic heterocycles. The zero-order chi connectivity index (χ0) is 38.8. The van der Waals surface area contributed by atoms with Gasteiger partial charge < -0.3 is 24.4 Å². The van der Waals surface area contributed by atoms with Crippen LogP contribution in [0.2, 0.25) is 0 Å². The lowest BCUT2D eigenvalue weighted by Gasteiger charge is -2.38. The normalized spacial score (nSPS) is 21.9. The molecule has 0 bridgehead atoms. The fourth-order valence-electron chi connectivity index (χ4n) is 7.86. The molecule has 6 nitrogen and oxygen atoms in total. The number of hydrogen-bond donors (Lipinski definition) is 1. The van der Waals surface area contributed by atoms with Gasteiger partial charge in [-0.1, -0.05) is 147 Å². The van der Waals surface area contributed by atoms with E-state index >= 15 is 0 Å². The maximum absolute atomic E-state index is 12.7. The monoisotopic (exact) mass is 757 g/mol. The van der Waals surface area contributed by atoms with Crippen LogP contribution in [0.15, 0.2) is 36.5 Å². The first-order chi connectivity index (χ1) is 26.4. The Kier molecular flexibility index (Phi) is 29.4. The molecule has 2 fully saturated rings. The van der Waals surface area contributed by atoms with Crippen molar-refractivity contribution in [1.29, 1.82) is 0 Å². The van der Waals surface area contributed by atoms with Gasteiger partial charge in [-0.3, -0.25) is 4.79 Å². The highest BCUT2D eigenvalue weighted by molar-refractivity contribution is 5.76. The number of allylic oxidation sites excluding steroid dienone is 6. The van der Waals surface area contributed by atoms with Gasteiger partial charge in [0.25, 0.3) is 0 Å². The van der Waals surface area contributed by atoms with Crippen molar-refractivity contribution in [3.63, 3.8) is 0 Å². The van der Waals surface area contributed by atoms with Gasteiger partial charge in [-0.2, -0.15) is 0 Å². The number of hydrogen-bond acceptors (Lipinski definition) is 6. The fourth-order valence-corrected chi connectivity index (χ4v) is 7.86. The van der Waals surface area contributed by atoms with Crippen LogP contribution < -0.4 is 5.32 Å². The van der Waals surface area contributed by atoms with Gasteiger partial charge in [0.05, 0.1) is 6.61 Å². The number of carbonyl (C=O) groups excluding carboxylic acids is 1. The molecule has 3 unspecified atom stereocenters. The van der Waals surface area contributed by atoms with Gasteiger partial charge in [-0.25, -0.2) is 0 Å². The molecule has 2 heterocycles. The third-order valence-corrected chi connectivity index (χ3v) is 11.5. The molecule has 0 saturated carbocycles. The number of likely N-dealkylation sites (N-methyl/N-ethyl adjacent to an activating group) is 1. The van der Waals surface area contributed by atoms with Crippen LogP contribution in [0.25, 0.3) is 0 Å². The van der Waals surface area contributed by atoms with Crippen LogP contribution in [0.1, 0.15) is 206 Å². The van der Waals surface area contributed by atoms with Crippen molar-refractivity contribution < 1.29 is 19.0 Å². The summed E-state index contributed by atoms with van der Waals surface area (Å²) in [4.78, 5) is 14.7. The van der Waals surface area contributed by atoms with E-state index in [2.05, 4.69) is 55.6 Å². The number of piperidine rings is 1. The molecule has 1 spiro atoms. The van der Waals surface area contributed by atoms with E-state index in [9.17, 15) is 4.79 Å². The van der Waals surface area contributed by atoms with Gasteiger partial charge in [0.2, 0.25) is 0 Å². The lowest BCUT2D eigenvalue weighted by Crippen LogP contribution is -2.55. The highest BCUT2D eigenvalue weighted by atomic mass is 16.8. The maximum atomic E-state index is 12.7. The van der Waals surface area contributed by atoms with E-state index in [1.165, 1.54) is 148 Å². The Hall–Kier alpha value is -1.47. The Morgan fingerprint density at radius 1 is 0.667 bits per heavy atom. The third-order valence-electron chi connectivity index (χ3n) is 11.5. The summed E-state index contributed by atoms with van der Waals surface area (Å²) in [6, 6.07) is -0.250. The molecule has 2 aliphatic rings. The number of nitrogens with zero attached hydrogens (tertiary/aromatic N) is 1. The van der Waals surface area contributed by atoms with Gasteiger partial charge in [0.15, 0.2) is 5.79 Å². The minimum Gasteiger partial charge on any atom is -0.463 e. The van der Waals surface area contributed by atoms with Crippen molar-refractivity contribution >= 4 is 5.97 Å². The minimum atomic E-state index is -0.475. The Morgan fingerprint density at radius 2 is 1.13 bits per heavy atom. The molecule has 0 aromatic rings. The molecule has 314 valence electrons. The molecule has 2 saturated heterocycles. The number of carbonyl (C=O) groups is 1. The summed E-state index contributed by atoms with van der Waals surface area (Å²) in [5, 5.41) is 3.47. The molecule has 6 heteroatoms. The summed E-state index contributed by atoms with van der Waals surface area (Å²) in [5.74, 6) is -0.612. The number of nitrogens with one attached hydrogen (secondary N) is 1. The zero-order valence-electron chi connectivity index (χ0n) is 36.2. The van der Waals surface area contributed by atoms with Crippen molar-refractivity contribution in [3.05, 3.63) is 36.5 Å². The predicted octanol–water partition coefficient (Wildman–Crippen LogP) is 13.0. The fraction of sp³-hybridized carbons (Fsp3) is 0.854. The Labute approximate surface area is 335 Å². The van der Waals surface area contributed by atoms with Crippen LogP contribution >= 0.6 is 0 Å². The predicted molar refractivity (Wildman–Crippen MR) is 231 cm³/mol. The molecular formula is C48H88N2O4. The van der Waals surface area contributed by atoms with Crippen LogP contribution in [0.5, 0.6) is 0 Å². The van der Waals surface area contributed by atoms with E-state index < -0.39 is 5.79 Å². The second-order valence-electron chi connectivity index (χ2n) is 16.9. The first-order valence-electron chi connectivity index (χ1n) is 23.3. The number of unbranched alkanes of at least 4 members (excludes halogenated alkanes) is 21. The van der Waals surface area contributed by atoms with E-state index in [1.807, 2.05) is 19.0 Å². The molecule has 54 heavy (non-hydrogen) atoms. The second-order valence-corrected chi connectivity index (χ2v) is 16.9. The first kappa shape index (κ1) is 48.7. The molecule has 0 aromatic heterocycles. The van der Waals surface area contributed by atoms with Gasteiger partial charge >= 0.3 is 5.97 Å². The molecule has 2 rings (SSSR count). The molecule has 1 N–H and O–H groups in total. The lowest BCUT2D eigenvalue weighted by molar-refractivity contribution is -0.201. The Balaban J connectivity index is 1.67. The van der Waals surface area contributed by atoms with E-state index in [0.29, 0.717) is 19.8 Å². The smallest absolute Gasteiger partial charge is 0.323 e. The minimum absolute atomic E-state index is 0.137. The summed E-state index contributed by atoms with van der Waals surface area (Å²) in [6.07, 6.45) is 51.3. The summed E-state index contributed by atoms with van der Waals surface area (Å²) in [5.41, 5.74) is -0.332. The number of rotatable bonds is 35.